The lowest BCUT2D eigenvalue weighted by molar-refractivity contribution is 0.551. The van der Waals surface area contributed by atoms with Gasteiger partial charge in [0.15, 0.2) is 0 Å². The third-order valence-corrected chi connectivity index (χ3v) is 2.50. The fourth-order valence-corrected chi connectivity index (χ4v) is 2.00. The Bertz CT molecular complexity index is 343. The molecule has 6 heteroatoms. The third kappa shape index (κ3) is 2.85. The minimum absolute atomic E-state index is 0.398. The van der Waals surface area contributed by atoms with Gasteiger partial charge >= 0.3 is 10.2 Å². The summed E-state index contributed by atoms with van der Waals surface area (Å²) in [6.07, 6.45) is 0. The van der Waals surface area contributed by atoms with Crippen LogP contribution in [0.15, 0.2) is 11.4 Å². The lowest BCUT2D eigenvalue weighted by atomic mass is 10.4. The zero-order valence-electron chi connectivity index (χ0n) is 5.45. The van der Waals surface area contributed by atoms with Gasteiger partial charge in [0.1, 0.15) is 5.75 Å². The molecule has 3 nitrogen and oxygen atoms in total. The molecule has 0 aliphatic rings. The Morgan fingerprint density at radius 2 is 2.27 bits per heavy atom. The number of rotatable bonds is 2. The minimum Gasteiger partial charge on any atom is -0.391 e. The van der Waals surface area contributed by atoms with Crippen LogP contribution < -0.4 is 5.73 Å². The van der Waals surface area contributed by atoms with Crippen LogP contribution >= 0.6 is 11.3 Å². The van der Waals surface area contributed by atoms with E-state index in [1.807, 2.05) is 0 Å². The van der Waals surface area contributed by atoms with Crippen molar-refractivity contribution in [2.24, 2.45) is 0 Å². The second-order valence-corrected chi connectivity index (χ2v) is 4.35. The monoisotopic (exact) mass is 195 g/mol. The summed E-state index contributed by atoms with van der Waals surface area (Å²) in [5.74, 6) is -0.583. The molecular weight excluding hydrogens is 189 g/mol. The highest BCUT2D eigenvalue weighted by atomic mass is 32.3. The SMILES string of the molecule is Nc1cc(CS(=O)(=O)F)cs1. The molecule has 1 heterocycles. The molecule has 0 atom stereocenters. The van der Waals surface area contributed by atoms with Crippen LogP contribution in [0.4, 0.5) is 8.89 Å². The molecule has 62 valence electrons. The molecule has 0 saturated carbocycles. The normalized spacial score (nSPS) is 11.7. The average molecular weight is 195 g/mol. The van der Waals surface area contributed by atoms with Crippen LogP contribution in [0.1, 0.15) is 5.56 Å². The zero-order chi connectivity index (χ0) is 8.48. The number of nitrogens with two attached hydrogens (primary N) is 1. The number of thiophene rings is 1. The molecule has 0 fully saturated rings. The fourth-order valence-electron chi connectivity index (χ4n) is 0.669. The minimum atomic E-state index is -4.41. The van der Waals surface area contributed by atoms with Crippen molar-refractivity contribution in [2.75, 3.05) is 5.73 Å². The molecule has 0 amide bonds. The number of nitrogen functional groups attached to an aromatic ring is 1. The molecule has 0 aliphatic carbocycles. The van der Waals surface area contributed by atoms with Crippen LogP contribution in [0, 0.1) is 0 Å². The van der Waals surface area contributed by atoms with Crippen LogP contribution in [0.25, 0.3) is 0 Å². The van der Waals surface area contributed by atoms with Gasteiger partial charge in [-0.2, -0.15) is 8.42 Å². The molecule has 0 unspecified atom stereocenters. The first-order chi connectivity index (χ1) is 4.97. The van der Waals surface area contributed by atoms with Crippen molar-refractivity contribution in [2.45, 2.75) is 5.75 Å². The first kappa shape index (κ1) is 8.48. The summed E-state index contributed by atoms with van der Waals surface area (Å²) in [5.41, 5.74) is 5.70. The number of hydrogen-bond acceptors (Lipinski definition) is 4. The van der Waals surface area contributed by atoms with Crippen molar-refractivity contribution in [3.8, 4) is 0 Å². The van der Waals surface area contributed by atoms with Gasteiger partial charge in [-0.3, -0.25) is 0 Å². The van der Waals surface area contributed by atoms with Gasteiger partial charge in [-0.1, -0.05) is 0 Å². The smallest absolute Gasteiger partial charge is 0.306 e. The highest BCUT2D eigenvalue weighted by Gasteiger charge is 2.09. The van der Waals surface area contributed by atoms with Crippen LogP contribution in [0.5, 0.6) is 0 Å². The van der Waals surface area contributed by atoms with Gasteiger partial charge in [0.25, 0.3) is 0 Å². The molecule has 0 spiro atoms. The van der Waals surface area contributed by atoms with E-state index in [9.17, 15) is 12.3 Å². The summed E-state index contributed by atoms with van der Waals surface area (Å²) in [6.45, 7) is 0. The maximum Gasteiger partial charge on any atom is 0.306 e. The number of hydrogen-bond donors (Lipinski definition) is 1. The molecule has 1 aromatic rings. The summed E-state index contributed by atoms with van der Waals surface area (Å²) in [7, 11) is -4.41. The standard InChI is InChI=1S/C5H6FNO2S2/c6-11(8,9)3-4-1-5(7)10-2-4/h1-2H,3,7H2. The highest BCUT2D eigenvalue weighted by Crippen LogP contribution is 2.18. The second-order valence-electron chi connectivity index (χ2n) is 2.04. The molecule has 0 aromatic carbocycles. The molecule has 0 aliphatic heterocycles. The predicted octanol–water partition coefficient (Wildman–Crippen LogP) is 1.13. The lowest BCUT2D eigenvalue weighted by Crippen LogP contribution is -1.93. The van der Waals surface area contributed by atoms with Gasteiger partial charge in [0, 0.05) is 0 Å². The van der Waals surface area contributed by atoms with E-state index in [0.29, 0.717) is 10.6 Å². The van der Waals surface area contributed by atoms with Crippen molar-refractivity contribution in [1.82, 2.24) is 0 Å². The van der Waals surface area contributed by atoms with Gasteiger partial charge in [-0.15, -0.1) is 15.2 Å². The Kier molecular flexibility index (Phi) is 2.15. The summed E-state index contributed by atoms with van der Waals surface area (Å²) >= 11 is 1.19. The number of anilines is 1. The Hall–Kier alpha value is -0.620. The van der Waals surface area contributed by atoms with Crippen LogP contribution in [0.3, 0.4) is 0 Å². The second kappa shape index (κ2) is 2.78. The van der Waals surface area contributed by atoms with E-state index in [4.69, 9.17) is 5.73 Å². The molecule has 0 saturated heterocycles. The van der Waals surface area contributed by atoms with Crippen LogP contribution in [-0.4, -0.2) is 8.42 Å². The van der Waals surface area contributed by atoms with Gasteiger partial charge in [0.2, 0.25) is 0 Å². The lowest BCUT2D eigenvalue weighted by Gasteiger charge is -1.87. The van der Waals surface area contributed by atoms with Gasteiger partial charge in [-0.25, -0.2) is 0 Å². The van der Waals surface area contributed by atoms with E-state index in [1.54, 1.807) is 0 Å². The first-order valence-corrected chi connectivity index (χ1v) is 5.16. The summed E-state index contributed by atoms with van der Waals surface area (Å²) in [6, 6.07) is 1.45. The van der Waals surface area contributed by atoms with Crippen molar-refractivity contribution in [3.63, 3.8) is 0 Å². The molecule has 1 rings (SSSR count). The maximum atomic E-state index is 12.0. The van der Waals surface area contributed by atoms with E-state index in [1.165, 1.54) is 22.8 Å². The van der Waals surface area contributed by atoms with Crippen molar-refractivity contribution in [1.29, 1.82) is 0 Å². The van der Waals surface area contributed by atoms with Gasteiger partial charge in [-0.05, 0) is 17.0 Å². The Labute approximate surface area is 67.9 Å². The molecule has 2 N–H and O–H groups in total. The quantitative estimate of drug-likeness (QED) is 0.719. The topological polar surface area (TPSA) is 60.2 Å². The van der Waals surface area contributed by atoms with Crippen LogP contribution in [-0.2, 0) is 16.0 Å². The van der Waals surface area contributed by atoms with E-state index in [2.05, 4.69) is 0 Å². The predicted molar refractivity (Wildman–Crippen MR) is 42.5 cm³/mol. The molecular formula is C5H6FNO2S2. The highest BCUT2D eigenvalue weighted by molar-refractivity contribution is 7.85. The van der Waals surface area contributed by atoms with Crippen molar-refractivity contribution < 1.29 is 12.3 Å². The maximum absolute atomic E-state index is 12.0. The van der Waals surface area contributed by atoms with E-state index in [0.717, 1.165) is 0 Å². The molecule has 0 bridgehead atoms. The van der Waals surface area contributed by atoms with E-state index in [-0.39, 0.29) is 0 Å². The summed E-state index contributed by atoms with van der Waals surface area (Å²) in [5, 5.41) is 2.01. The fraction of sp³-hybridized carbons (Fsp3) is 0.200. The molecule has 1 aromatic heterocycles. The Morgan fingerprint density at radius 3 is 2.64 bits per heavy atom. The summed E-state index contributed by atoms with van der Waals surface area (Å²) < 4.78 is 32.2. The number of halogens is 1. The largest absolute Gasteiger partial charge is 0.391 e. The van der Waals surface area contributed by atoms with Crippen molar-refractivity contribution >= 4 is 26.6 Å². The third-order valence-electron chi connectivity index (χ3n) is 1.01. The van der Waals surface area contributed by atoms with Gasteiger partial charge < -0.3 is 5.73 Å². The molecule has 11 heavy (non-hydrogen) atoms. The van der Waals surface area contributed by atoms with Crippen LogP contribution in [0.2, 0.25) is 0 Å². The van der Waals surface area contributed by atoms with E-state index < -0.39 is 16.0 Å². The van der Waals surface area contributed by atoms with E-state index >= 15 is 0 Å². The average Bonchev–Trinajstić information content (AvgIpc) is 2.10. The van der Waals surface area contributed by atoms with Crippen molar-refractivity contribution in [3.05, 3.63) is 17.0 Å². The molecule has 0 radical (unpaired) electrons. The Morgan fingerprint density at radius 1 is 1.64 bits per heavy atom. The Balaban J connectivity index is 2.81. The zero-order valence-corrected chi connectivity index (χ0v) is 7.08. The summed E-state index contributed by atoms with van der Waals surface area (Å²) in [4.78, 5) is 0. The first-order valence-electron chi connectivity index (χ1n) is 2.72. The van der Waals surface area contributed by atoms with Gasteiger partial charge in [0.05, 0.1) is 5.00 Å².